The molecule has 9 heteroatoms. The lowest BCUT2D eigenvalue weighted by molar-refractivity contribution is -0.137. The molecule has 0 spiro atoms. The van der Waals surface area contributed by atoms with Crippen molar-refractivity contribution in [3.8, 4) is 11.5 Å². The minimum atomic E-state index is -4.41. The maximum Gasteiger partial charge on any atom is 0.416 e. The van der Waals surface area contributed by atoms with Gasteiger partial charge in [-0.2, -0.15) is 13.2 Å². The topological polar surface area (TPSA) is 64.2 Å². The van der Waals surface area contributed by atoms with Crippen LogP contribution in [0, 0.1) is 0 Å². The summed E-state index contributed by atoms with van der Waals surface area (Å²) in [7, 11) is 1.69. The van der Waals surface area contributed by atoms with Gasteiger partial charge in [0.05, 0.1) is 12.1 Å². The number of carbonyl (C=O) groups excluding carboxylic acids is 1. The largest absolute Gasteiger partial charge is 0.436 e. The van der Waals surface area contributed by atoms with Gasteiger partial charge in [0.1, 0.15) is 11.3 Å². The van der Waals surface area contributed by atoms with Gasteiger partial charge < -0.3 is 13.9 Å². The van der Waals surface area contributed by atoms with Crippen LogP contribution in [0.3, 0.4) is 0 Å². The molecular weight excluding hydrogens is 409 g/mol. The SMILES string of the molecule is CCn1ccnc1CN(C)C(=O)c1ccc2oc(-c3ccc(C(F)(F)F)cc3)nc2c1. The van der Waals surface area contributed by atoms with Crippen LogP contribution in [0.25, 0.3) is 22.6 Å². The monoisotopic (exact) mass is 428 g/mol. The molecule has 160 valence electrons. The van der Waals surface area contributed by atoms with E-state index >= 15 is 0 Å². The van der Waals surface area contributed by atoms with Crippen LogP contribution in [0.15, 0.2) is 59.3 Å². The van der Waals surface area contributed by atoms with Crippen molar-refractivity contribution in [1.29, 1.82) is 0 Å². The van der Waals surface area contributed by atoms with E-state index in [0.717, 1.165) is 24.5 Å². The lowest BCUT2D eigenvalue weighted by atomic mass is 10.1. The summed E-state index contributed by atoms with van der Waals surface area (Å²) in [5, 5.41) is 0. The van der Waals surface area contributed by atoms with Crippen molar-refractivity contribution in [3.05, 3.63) is 71.8 Å². The van der Waals surface area contributed by atoms with Crippen LogP contribution in [0.2, 0.25) is 0 Å². The fourth-order valence-corrected chi connectivity index (χ4v) is 3.27. The molecule has 4 aromatic rings. The van der Waals surface area contributed by atoms with Crippen molar-refractivity contribution < 1.29 is 22.4 Å². The number of hydrogen-bond acceptors (Lipinski definition) is 4. The summed E-state index contributed by atoms with van der Waals surface area (Å²) in [6, 6.07) is 9.45. The van der Waals surface area contributed by atoms with Gasteiger partial charge in [-0.3, -0.25) is 4.79 Å². The second kappa shape index (κ2) is 7.90. The number of carbonyl (C=O) groups is 1. The number of benzene rings is 2. The Morgan fingerprint density at radius 2 is 1.90 bits per heavy atom. The zero-order valence-corrected chi connectivity index (χ0v) is 16.8. The van der Waals surface area contributed by atoms with Crippen molar-refractivity contribution in [2.24, 2.45) is 0 Å². The van der Waals surface area contributed by atoms with E-state index in [1.54, 1.807) is 36.3 Å². The van der Waals surface area contributed by atoms with Crippen LogP contribution in [-0.2, 0) is 19.3 Å². The second-order valence-electron chi connectivity index (χ2n) is 7.07. The van der Waals surface area contributed by atoms with E-state index in [-0.39, 0.29) is 11.8 Å². The third-order valence-electron chi connectivity index (χ3n) is 4.96. The lowest BCUT2D eigenvalue weighted by Gasteiger charge is -2.17. The van der Waals surface area contributed by atoms with Gasteiger partial charge in [-0.05, 0) is 49.4 Å². The van der Waals surface area contributed by atoms with Crippen LogP contribution >= 0.6 is 0 Å². The first-order valence-electron chi connectivity index (χ1n) is 9.60. The normalized spacial score (nSPS) is 11.8. The van der Waals surface area contributed by atoms with Gasteiger partial charge in [0.25, 0.3) is 5.91 Å². The molecule has 2 aromatic carbocycles. The van der Waals surface area contributed by atoms with Crippen molar-refractivity contribution in [2.75, 3.05) is 7.05 Å². The van der Waals surface area contributed by atoms with E-state index in [0.29, 0.717) is 28.8 Å². The summed E-state index contributed by atoms with van der Waals surface area (Å²) >= 11 is 0. The van der Waals surface area contributed by atoms with Crippen LogP contribution in [0.1, 0.15) is 28.7 Å². The summed E-state index contributed by atoms with van der Waals surface area (Å²) in [6.07, 6.45) is -0.853. The predicted octanol–water partition coefficient (Wildman–Crippen LogP) is 5.00. The molecule has 0 atom stereocenters. The molecule has 0 aliphatic carbocycles. The number of imidazole rings is 1. The molecule has 0 fully saturated rings. The molecule has 4 rings (SSSR count). The predicted molar refractivity (Wildman–Crippen MR) is 108 cm³/mol. The fourth-order valence-electron chi connectivity index (χ4n) is 3.27. The molecule has 0 unspecified atom stereocenters. The standard InChI is InChI=1S/C22H19F3N4O2/c1-3-29-11-10-26-19(29)13-28(2)21(30)15-6-9-18-17(12-15)27-20(31-18)14-4-7-16(8-5-14)22(23,24)25/h4-12H,3,13H2,1-2H3. The Hall–Kier alpha value is -3.62. The molecule has 0 aliphatic heterocycles. The van der Waals surface area contributed by atoms with Crippen LogP contribution < -0.4 is 0 Å². The molecule has 0 aliphatic rings. The zero-order chi connectivity index (χ0) is 22.2. The van der Waals surface area contributed by atoms with Crippen molar-refractivity contribution in [2.45, 2.75) is 26.2 Å². The van der Waals surface area contributed by atoms with Gasteiger partial charge in [-0.25, -0.2) is 9.97 Å². The van der Waals surface area contributed by atoms with Gasteiger partial charge in [0.2, 0.25) is 5.89 Å². The summed E-state index contributed by atoms with van der Waals surface area (Å²) in [5.41, 5.74) is 0.990. The number of alkyl halides is 3. The Balaban J connectivity index is 1.56. The number of amides is 1. The lowest BCUT2D eigenvalue weighted by Crippen LogP contribution is -2.27. The van der Waals surface area contributed by atoms with E-state index in [1.807, 2.05) is 17.7 Å². The summed E-state index contributed by atoms with van der Waals surface area (Å²) in [6.45, 7) is 3.11. The van der Waals surface area contributed by atoms with E-state index in [9.17, 15) is 18.0 Å². The average molecular weight is 428 g/mol. The van der Waals surface area contributed by atoms with Crippen LogP contribution in [0.5, 0.6) is 0 Å². The van der Waals surface area contributed by atoms with E-state index < -0.39 is 11.7 Å². The molecule has 0 saturated heterocycles. The van der Waals surface area contributed by atoms with Gasteiger partial charge in [0.15, 0.2) is 5.58 Å². The maximum atomic E-state index is 12.8. The first-order chi connectivity index (χ1) is 14.8. The number of oxazole rings is 1. The van der Waals surface area contributed by atoms with Gasteiger partial charge in [-0.1, -0.05) is 0 Å². The molecule has 2 heterocycles. The molecule has 0 radical (unpaired) electrons. The fraction of sp³-hybridized carbons (Fsp3) is 0.227. The van der Waals surface area contributed by atoms with Crippen molar-refractivity contribution in [1.82, 2.24) is 19.4 Å². The Labute approximate surface area is 175 Å². The highest BCUT2D eigenvalue weighted by Gasteiger charge is 2.30. The van der Waals surface area contributed by atoms with Gasteiger partial charge in [0, 0.05) is 37.1 Å². The van der Waals surface area contributed by atoms with E-state index in [4.69, 9.17) is 4.42 Å². The van der Waals surface area contributed by atoms with Crippen molar-refractivity contribution >= 4 is 17.0 Å². The average Bonchev–Trinajstić information content (AvgIpc) is 3.38. The summed E-state index contributed by atoms with van der Waals surface area (Å²) in [5.74, 6) is 0.767. The Morgan fingerprint density at radius 3 is 2.58 bits per heavy atom. The van der Waals surface area contributed by atoms with Gasteiger partial charge in [-0.15, -0.1) is 0 Å². The molecule has 1 amide bonds. The maximum absolute atomic E-state index is 12.8. The Morgan fingerprint density at radius 1 is 1.16 bits per heavy atom. The molecule has 0 saturated carbocycles. The minimum Gasteiger partial charge on any atom is -0.436 e. The quantitative estimate of drug-likeness (QED) is 0.449. The number of fused-ring (bicyclic) bond motifs is 1. The molecule has 31 heavy (non-hydrogen) atoms. The summed E-state index contributed by atoms with van der Waals surface area (Å²) < 4.78 is 45.9. The first kappa shape index (κ1) is 20.6. The molecular formula is C22H19F3N4O2. The number of aryl methyl sites for hydroxylation is 1. The van der Waals surface area contributed by atoms with Crippen LogP contribution in [-0.4, -0.2) is 32.4 Å². The molecule has 0 N–H and O–H groups in total. The van der Waals surface area contributed by atoms with E-state index in [1.165, 1.54) is 12.1 Å². The summed E-state index contributed by atoms with van der Waals surface area (Å²) in [4.78, 5) is 23.0. The third-order valence-corrected chi connectivity index (χ3v) is 4.96. The second-order valence-corrected chi connectivity index (χ2v) is 7.07. The Kier molecular flexibility index (Phi) is 5.26. The minimum absolute atomic E-state index is 0.187. The van der Waals surface area contributed by atoms with Gasteiger partial charge >= 0.3 is 6.18 Å². The first-order valence-corrected chi connectivity index (χ1v) is 9.60. The number of hydrogen-bond donors (Lipinski definition) is 0. The smallest absolute Gasteiger partial charge is 0.416 e. The third kappa shape index (κ3) is 4.16. The Bertz CT molecular complexity index is 1230. The molecule has 6 nitrogen and oxygen atoms in total. The highest BCUT2D eigenvalue weighted by Crippen LogP contribution is 2.31. The van der Waals surface area contributed by atoms with Crippen LogP contribution in [0.4, 0.5) is 13.2 Å². The zero-order valence-electron chi connectivity index (χ0n) is 16.8. The van der Waals surface area contributed by atoms with Crippen molar-refractivity contribution in [3.63, 3.8) is 0 Å². The number of aromatic nitrogens is 3. The van der Waals surface area contributed by atoms with E-state index in [2.05, 4.69) is 9.97 Å². The highest BCUT2D eigenvalue weighted by molar-refractivity contribution is 5.97. The number of halogens is 3. The number of nitrogens with zero attached hydrogens (tertiary/aromatic N) is 4. The molecule has 0 bridgehead atoms. The molecule has 2 aromatic heterocycles. The highest BCUT2D eigenvalue weighted by atomic mass is 19.4. The number of rotatable bonds is 5.